The number of rotatable bonds is 10. The van der Waals surface area contributed by atoms with Crippen molar-refractivity contribution in [1.29, 1.82) is 0 Å². The number of sulfonamides is 1. The van der Waals surface area contributed by atoms with Crippen LogP contribution in [0.25, 0.3) is 0 Å². The van der Waals surface area contributed by atoms with Crippen molar-refractivity contribution in [3.63, 3.8) is 0 Å². The third-order valence-electron chi connectivity index (χ3n) is 5.27. The molecule has 0 spiro atoms. The topological polar surface area (TPSA) is 86.8 Å². The second kappa shape index (κ2) is 11.5. The summed E-state index contributed by atoms with van der Waals surface area (Å²) in [4.78, 5) is 27.3. The highest BCUT2D eigenvalue weighted by atomic mass is 35.5. The number of carbonyl (C=O) groups excluding carboxylic acids is 2. The van der Waals surface area contributed by atoms with Gasteiger partial charge < -0.3 is 10.2 Å². The zero-order valence-corrected chi connectivity index (χ0v) is 20.7. The Morgan fingerprint density at radius 3 is 2.27 bits per heavy atom. The molecule has 0 unspecified atom stereocenters. The molecule has 1 N–H and O–H groups in total. The van der Waals surface area contributed by atoms with Crippen LogP contribution in [0.15, 0.2) is 48.5 Å². The fourth-order valence-electron chi connectivity index (χ4n) is 3.11. The lowest BCUT2D eigenvalue weighted by atomic mass is 10.1. The van der Waals surface area contributed by atoms with Gasteiger partial charge in [0.15, 0.2) is 0 Å². The number of hydrogen-bond donors (Lipinski definition) is 1. The van der Waals surface area contributed by atoms with Gasteiger partial charge >= 0.3 is 0 Å². The Labute approximate surface area is 199 Å². The van der Waals surface area contributed by atoms with Gasteiger partial charge in [-0.1, -0.05) is 48.9 Å². The molecule has 2 rings (SSSR count). The van der Waals surface area contributed by atoms with Crippen LogP contribution >= 0.6 is 11.6 Å². The maximum absolute atomic E-state index is 14.3. The van der Waals surface area contributed by atoms with Gasteiger partial charge in [0.2, 0.25) is 21.8 Å². The van der Waals surface area contributed by atoms with Gasteiger partial charge in [-0.15, -0.1) is 0 Å². The first kappa shape index (κ1) is 26.6. The average molecular weight is 498 g/mol. The van der Waals surface area contributed by atoms with Crippen LogP contribution in [-0.4, -0.2) is 50.0 Å². The fraction of sp³-hybridized carbons (Fsp3) is 0.391. The van der Waals surface area contributed by atoms with Gasteiger partial charge in [0.05, 0.1) is 17.0 Å². The molecule has 180 valence electrons. The molecule has 0 aliphatic rings. The first-order chi connectivity index (χ1) is 15.5. The lowest BCUT2D eigenvalue weighted by Gasteiger charge is -2.32. The number of benzene rings is 2. The van der Waals surface area contributed by atoms with Crippen LogP contribution in [0.5, 0.6) is 0 Å². The molecule has 0 saturated heterocycles. The Hall–Kier alpha value is -2.65. The van der Waals surface area contributed by atoms with E-state index < -0.39 is 40.2 Å². The minimum atomic E-state index is -3.89. The van der Waals surface area contributed by atoms with Gasteiger partial charge in [-0.05, 0) is 38.5 Å². The zero-order valence-electron chi connectivity index (χ0n) is 19.1. The van der Waals surface area contributed by atoms with Crippen LogP contribution in [0.2, 0.25) is 5.02 Å². The number of halogens is 2. The van der Waals surface area contributed by atoms with Crippen molar-refractivity contribution in [2.45, 2.75) is 45.8 Å². The van der Waals surface area contributed by atoms with E-state index in [4.69, 9.17) is 11.6 Å². The molecule has 0 saturated carbocycles. The molecule has 33 heavy (non-hydrogen) atoms. The Kier molecular flexibility index (Phi) is 9.25. The summed E-state index contributed by atoms with van der Waals surface area (Å²) in [5.74, 6) is -1.62. The number of nitrogens with one attached hydrogen (secondary N) is 1. The summed E-state index contributed by atoms with van der Waals surface area (Å²) >= 11 is 6.18. The third-order valence-corrected chi connectivity index (χ3v) is 6.71. The monoisotopic (exact) mass is 497 g/mol. The molecule has 0 bridgehead atoms. The van der Waals surface area contributed by atoms with Crippen molar-refractivity contribution >= 4 is 39.1 Å². The zero-order chi connectivity index (χ0) is 24.8. The van der Waals surface area contributed by atoms with Crippen LogP contribution in [0, 0.1) is 5.82 Å². The van der Waals surface area contributed by atoms with Crippen LogP contribution < -0.4 is 9.62 Å². The smallest absolute Gasteiger partial charge is 0.244 e. The van der Waals surface area contributed by atoms with E-state index in [2.05, 4.69) is 5.32 Å². The Morgan fingerprint density at radius 2 is 1.70 bits per heavy atom. The first-order valence-electron chi connectivity index (χ1n) is 10.5. The minimum Gasteiger partial charge on any atom is -0.352 e. The molecule has 0 aliphatic heterocycles. The van der Waals surface area contributed by atoms with Crippen molar-refractivity contribution < 1.29 is 22.4 Å². The molecule has 2 aromatic rings. The predicted molar refractivity (Wildman–Crippen MR) is 128 cm³/mol. The van der Waals surface area contributed by atoms with E-state index in [0.717, 1.165) is 10.6 Å². The molecule has 7 nitrogen and oxygen atoms in total. The van der Waals surface area contributed by atoms with Crippen LogP contribution in [0.3, 0.4) is 0 Å². The largest absolute Gasteiger partial charge is 0.352 e. The number of anilines is 1. The Bertz CT molecular complexity index is 1100. The number of hydrogen-bond acceptors (Lipinski definition) is 4. The molecular weight excluding hydrogens is 469 g/mol. The van der Waals surface area contributed by atoms with E-state index in [0.29, 0.717) is 6.42 Å². The highest BCUT2D eigenvalue weighted by Gasteiger charge is 2.31. The van der Waals surface area contributed by atoms with E-state index in [-0.39, 0.29) is 28.9 Å². The minimum absolute atomic E-state index is 0.124. The number of carbonyl (C=O) groups is 2. The molecule has 2 amide bonds. The second-order valence-corrected chi connectivity index (χ2v) is 10.1. The molecule has 0 fully saturated rings. The van der Waals surface area contributed by atoms with Gasteiger partial charge in [0.25, 0.3) is 0 Å². The van der Waals surface area contributed by atoms with Crippen molar-refractivity contribution in [2.24, 2.45) is 0 Å². The molecule has 2 atom stereocenters. The van der Waals surface area contributed by atoms with Gasteiger partial charge in [-0.25, -0.2) is 12.8 Å². The highest BCUT2D eigenvalue weighted by molar-refractivity contribution is 7.92. The number of nitrogens with zero attached hydrogens (tertiary/aromatic N) is 2. The van der Waals surface area contributed by atoms with Crippen LogP contribution in [0.4, 0.5) is 10.1 Å². The van der Waals surface area contributed by atoms with E-state index in [1.54, 1.807) is 18.2 Å². The molecule has 2 aromatic carbocycles. The Balaban J connectivity index is 2.41. The summed E-state index contributed by atoms with van der Waals surface area (Å²) < 4.78 is 40.2. The van der Waals surface area contributed by atoms with Crippen molar-refractivity contribution in [3.8, 4) is 0 Å². The molecule has 10 heteroatoms. The molecule has 0 heterocycles. The Morgan fingerprint density at radius 1 is 1.09 bits per heavy atom. The van der Waals surface area contributed by atoms with Crippen molar-refractivity contribution in [3.05, 3.63) is 64.9 Å². The SMILES string of the molecule is CC[C@@H](C)NC(=O)[C@H](C)N(Cc1ccccc1F)C(=O)CN(c1ccccc1Cl)S(C)(=O)=O. The average Bonchev–Trinajstić information content (AvgIpc) is 2.76. The fourth-order valence-corrected chi connectivity index (χ4v) is 4.26. The van der Waals surface area contributed by atoms with E-state index in [1.807, 2.05) is 13.8 Å². The normalized spacial score (nSPS) is 13.2. The molecular formula is C23H29ClFN3O4S. The summed E-state index contributed by atoms with van der Waals surface area (Å²) in [5.41, 5.74) is 0.343. The maximum atomic E-state index is 14.3. The van der Waals surface area contributed by atoms with Crippen LogP contribution in [-0.2, 0) is 26.2 Å². The summed E-state index contributed by atoms with van der Waals surface area (Å²) in [7, 11) is -3.89. The quantitative estimate of drug-likeness (QED) is 0.543. The highest BCUT2D eigenvalue weighted by Crippen LogP contribution is 2.27. The first-order valence-corrected chi connectivity index (χ1v) is 12.7. The number of amides is 2. The molecule has 0 aliphatic carbocycles. The maximum Gasteiger partial charge on any atom is 0.244 e. The summed E-state index contributed by atoms with van der Waals surface area (Å²) in [6.45, 7) is 4.46. The van der Waals surface area contributed by atoms with Crippen molar-refractivity contribution in [1.82, 2.24) is 10.2 Å². The van der Waals surface area contributed by atoms with E-state index in [9.17, 15) is 22.4 Å². The summed E-state index contributed by atoms with van der Waals surface area (Å²) in [6.07, 6.45) is 1.65. The molecule has 0 radical (unpaired) electrons. The van der Waals surface area contributed by atoms with Crippen LogP contribution in [0.1, 0.15) is 32.8 Å². The second-order valence-electron chi connectivity index (χ2n) is 7.83. The lowest BCUT2D eigenvalue weighted by molar-refractivity contribution is -0.139. The van der Waals surface area contributed by atoms with Gasteiger partial charge in [0, 0.05) is 18.2 Å². The predicted octanol–water partition coefficient (Wildman–Crippen LogP) is 3.58. The lowest BCUT2D eigenvalue weighted by Crippen LogP contribution is -2.52. The standard InChI is InChI=1S/C23H29ClFN3O4S/c1-5-16(2)26-23(30)17(3)27(14-18-10-6-8-12-20(18)25)22(29)15-28(33(4,31)32)21-13-9-7-11-19(21)24/h6-13,16-17H,5,14-15H2,1-4H3,(H,26,30)/t16-,17+/m1/s1. The number of para-hydroxylation sites is 1. The van der Waals surface area contributed by atoms with E-state index in [1.165, 1.54) is 42.2 Å². The molecule has 0 aromatic heterocycles. The van der Waals surface area contributed by atoms with E-state index >= 15 is 0 Å². The summed E-state index contributed by atoms with van der Waals surface area (Å²) in [5, 5.41) is 2.96. The van der Waals surface area contributed by atoms with Gasteiger partial charge in [-0.3, -0.25) is 13.9 Å². The third kappa shape index (κ3) is 7.17. The van der Waals surface area contributed by atoms with Crippen molar-refractivity contribution in [2.75, 3.05) is 17.1 Å². The summed E-state index contributed by atoms with van der Waals surface area (Å²) in [6, 6.07) is 11.1. The van der Waals surface area contributed by atoms with Gasteiger partial charge in [0.1, 0.15) is 18.4 Å². The van der Waals surface area contributed by atoms with Gasteiger partial charge in [-0.2, -0.15) is 0 Å².